The topological polar surface area (TPSA) is 87.8 Å². The summed E-state index contributed by atoms with van der Waals surface area (Å²) in [7, 11) is -4.16. The number of nitriles is 1. The van der Waals surface area contributed by atoms with Crippen molar-refractivity contribution in [3.63, 3.8) is 0 Å². The number of nitrogens with zero attached hydrogens (tertiary/aromatic N) is 3. The molecule has 10 heteroatoms. The van der Waals surface area contributed by atoms with E-state index in [1.165, 1.54) is 24.3 Å². The lowest BCUT2D eigenvalue weighted by Gasteiger charge is -2.13. The smallest absolute Gasteiger partial charge is 0.242 e. The molecule has 2 aromatic heterocycles. The Bertz CT molecular complexity index is 1260. The average Bonchev–Trinajstić information content (AvgIpc) is 3.54. The molecule has 0 radical (unpaired) electrons. The molecular weight excluding hydrogens is 429 g/mol. The van der Waals surface area contributed by atoms with Gasteiger partial charge >= 0.3 is 0 Å². The molecule has 0 unspecified atom stereocenters. The summed E-state index contributed by atoms with van der Waals surface area (Å²) in [6.45, 7) is -1.76. The summed E-state index contributed by atoms with van der Waals surface area (Å²) in [5, 5.41) is 10.4. The number of aromatic nitrogens is 2. The molecule has 3 aromatic rings. The summed E-state index contributed by atoms with van der Waals surface area (Å²) >= 11 is 0. The number of sulfonamides is 1. The standard InChI is InChI=1S/C21H19F3N4O2S/c22-8-15(9-23)27-31(29,30)16-4-6-19(26-11-16)21-18(10-25)17-5-3-14(24)7-20(17)28(21)12-13-1-2-13/h3-7,11,13,15,27H,1-2,8-9,12H2. The number of hydrogen-bond acceptors (Lipinski definition) is 4. The van der Waals surface area contributed by atoms with E-state index >= 15 is 0 Å². The lowest BCUT2D eigenvalue weighted by atomic mass is 10.1. The lowest BCUT2D eigenvalue weighted by molar-refractivity contribution is 0.334. The highest BCUT2D eigenvalue weighted by Crippen LogP contribution is 2.38. The van der Waals surface area contributed by atoms with Crippen molar-refractivity contribution in [3.8, 4) is 17.5 Å². The number of fused-ring (bicyclic) bond motifs is 1. The van der Waals surface area contributed by atoms with Gasteiger partial charge in [-0.25, -0.2) is 26.3 Å². The Morgan fingerprint density at radius 3 is 2.55 bits per heavy atom. The quantitative estimate of drug-likeness (QED) is 0.569. The van der Waals surface area contributed by atoms with Gasteiger partial charge in [0.25, 0.3) is 0 Å². The molecule has 2 heterocycles. The highest BCUT2D eigenvalue weighted by Gasteiger charge is 2.27. The Labute approximate surface area is 177 Å². The van der Waals surface area contributed by atoms with Crippen LogP contribution in [-0.2, 0) is 16.6 Å². The molecule has 31 heavy (non-hydrogen) atoms. The molecule has 1 fully saturated rings. The van der Waals surface area contributed by atoms with Gasteiger partial charge < -0.3 is 4.57 Å². The van der Waals surface area contributed by atoms with E-state index in [1.54, 1.807) is 6.07 Å². The molecule has 1 N–H and O–H groups in total. The van der Waals surface area contributed by atoms with E-state index in [9.17, 15) is 26.9 Å². The second kappa shape index (κ2) is 8.32. The third-order valence-corrected chi connectivity index (χ3v) is 6.77. The second-order valence-corrected chi connectivity index (χ2v) is 9.27. The molecule has 0 saturated heterocycles. The van der Waals surface area contributed by atoms with E-state index in [1.807, 2.05) is 9.29 Å². The van der Waals surface area contributed by atoms with Gasteiger partial charge in [-0.2, -0.15) is 5.26 Å². The van der Waals surface area contributed by atoms with Crippen LogP contribution in [0.15, 0.2) is 41.4 Å². The predicted molar refractivity (Wildman–Crippen MR) is 109 cm³/mol. The summed E-state index contributed by atoms with van der Waals surface area (Å²) in [6, 6.07) is 7.60. The first-order chi connectivity index (χ1) is 14.9. The molecule has 0 spiro atoms. The first-order valence-electron chi connectivity index (χ1n) is 9.70. The first-order valence-corrected chi connectivity index (χ1v) is 11.2. The van der Waals surface area contributed by atoms with Crippen molar-refractivity contribution in [1.82, 2.24) is 14.3 Å². The Morgan fingerprint density at radius 1 is 1.23 bits per heavy atom. The van der Waals surface area contributed by atoms with Crippen LogP contribution in [0.2, 0.25) is 0 Å². The average molecular weight is 448 g/mol. The number of halogens is 3. The fourth-order valence-electron chi connectivity index (χ4n) is 3.52. The van der Waals surface area contributed by atoms with Gasteiger partial charge in [-0.1, -0.05) is 0 Å². The van der Waals surface area contributed by atoms with Crippen molar-refractivity contribution < 1.29 is 21.6 Å². The fraction of sp³-hybridized carbons (Fsp3) is 0.333. The van der Waals surface area contributed by atoms with Crippen molar-refractivity contribution in [3.05, 3.63) is 47.9 Å². The number of rotatable bonds is 8. The number of nitrogens with one attached hydrogen (secondary N) is 1. The zero-order valence-electron chi connectivity index (χ0n) is 16.4. The maximum absolute atomic E-state index is 13.9. The molecule has 1 saturated carbocycles. The van der Waals surface area contributed by atoms with Gasteiger partial charge in [-0.05, 0) is 49.1 Å². The minimum Gasteiger partial charge on any atom is -0.338 e. The maximum Gasteiger partial charge on any atom is 0.242 e. The number of hydrogen-bond donors (Lipinski definition) is 1. The van der Waals surface area contributed by atoms with E-state index < -0.39 is 35.2 Å². The number of benzene rings is 1. The molecule has 4 rings (SSSR count). The van der Waals surface area contributed by atoms with Crippen LogP contribution in [-0.4, -0.2) is 37.4 Å². The summed E-state index contributed by atoms with van der Waals surface area (Å²) in [5.74, 6) is 0.000174. The maximum atomic E-state index is 13.9. The third kappa shape index (κ3) is 4.16. The monoisotopic (exact) mass is 448 g/mol. The SMILES string of the molecule is N#Cc1c(-c2ccc(S(=O)(=O)NC(CF)CF)cn2)n(CC2CC2)c2cc(F)ccc12. The van der Waals surface area contributed by atoms with E-state index in [2.05, 4.69) is 11.1 Å². The Balaban J connectivity index is 1.79. The van der Waals surface area contributed by atoms with Gasteiger partial charge in [0.1, 0.15) is 30.1 Å². The molecule has 0 atom stereocenters. The fourth-order valence-corrected chi connectivity index (χ4v) is 4.66. The van der Waals surface area contributed by atoms with Crippen molar-refractivity contribution in [2.24, 2.45) is 5.92 Å². The Hall–Kier alpha value is -2.90. The van der Waals surface area contributed by atoms with Crippen molar-refractivity contribution in [1.29, 1.82) is 5.26 Å². The van der Waals surface area contributed by atoms with Crippen molar-refractivity contribution >= 4 is 20.9 Å². The first kappa shape index (κ1) is 21.3. The Kier molecular flexibility index (Phi) is 5.73. The van der Waals surface area contributed by atoms with Crippen LogP contribution >= 0.6 is 0 Å². The molecular formula is C21H19F3N4O2S. The summed E-state index contributed by atoms with van der Waals surface area (Å²) < 4.78 is 67.8. The van der Waals surface area contributed by atoms with Crippen LogP contribution in [0, 0.1) is 23.1 Å². The predicted octanol–water partition coefficient (Wildman–Crippen LogP) is 3.71. The van der Waals surface area contributed by atoms with Crippen LogP contribution in [0.4, 0.5) is 13.2 Å². The van der Waals surface area contributed by atoms with Gasteiger partial charge in [0, 0.05) is 18.1 Å². The van der Waals surface area contributed by atoms with E-state index in [-0.39, 0.29) is 4.90 Å². The zero-order valence-corrected chi connectivity index (χ0v) is 17.2. The van der Waals surface area contributed by atoms with Gasteiger partial charge in [-0.3, -0.25) is 4.98 Å². The molecule has 0 bridgehead atoms. The van der Waals surface area contributed by atoms with Crippen LogP contribution in [0.3, 0.4) is 0 Å². The molecule has 6 nitrogen and oxygen atoms in total. The normalized spacial score (nSPS) is 14.3. The van der Waals surface area contributed by atoms with Gasteiger partial charge in [0.2, 0.25) is 10.0 Å². The van der Waals surface area contributed by atoms with Crippen LogP contribution in [0.5, 0.6) is 0 Å². The Morgan fingerprint density at radius 2 is 1.97 bits per heavy atom. The molecule has 0 amide bonds. The largest absolute Gasteiger partial charge is 0.338 e. The minimum absolute atomic E-state index is 0.252. The number of alkyl halides is 2. The zero-order chi connectivity index (χ0) is 22.2. The van der Waals surface area contributed by atoms with Crippen LogP contribution in [0.1, 0.15) is 18.4 Å². The second-order valence-electron chi connectivity index (χ2n) is 7.56. The van der Waals surface area contributed by atoms with Crippen molar-refractivity contribution in [2.45, 2.75) is 30.3 Å². The van der Waals surface area contributed by atoms with E-state index in [0.29, 0.717) is 40.3 Å². The third-order valence-electron chi connectivity index (χ3n) is 5.26. The molecule has 162 valence electrons. The van der Waals surface area contributed by atoms with E-state index in [4.69, 9.17) is 0 Å². The molecule has 0 aliphatic heterocycles. The van der Waals surface area contributed by atoms with Crippen molar-refractivity contribution in [2.75, 3.05) is 13.3 Å². The van der Waals surface area contributed by atoms with Crippen LogP contribution < -0.4 is 4.72 Å². The summed E-state index contributed by atoms with van der Waals surface area (Å²) in [4.78, 5) is 3.96. The van der Waals surface area contributed by atoms with E-state index in [0.717, 1.165) is 19.0 Å². The molecule has 1 aliphatic carbocycles. The summed E-state index contributed by atoms with van der Waals surface area (Å²) in [6.07, 6.45) is 3.15. The summed E-state index contributed by atoms with van der Waals surface area (Å²) in [5.41, 5.74) is 1.73. The highest BCUT2D eigenvalue weighted by molar-refractivity contribution is 7.89. The minimum atomic E-state index is -4.16. The van der Waals surface area contributed by atoms with Gasteiger partial charge in [0.15, 0.2) is 0 Å². The number of pyridine rings is 1. The highest BCUT2D eigenvalue weighted by atomic mass is 32.2. The molecule has 1 aliphatic rings. The molecule has 1 aromatic carbocycles. The lowest BCUT2D eigenvalue weighted by Crippen LogP contribution is -2.37. The van der Waals surface area contributed by atoms with Crippen LogP contribution in [0.25, 0.3) is 22.3 Å². The van der Waals surface area contributed by atoms with Gasteiger partial charge in [-0.15, -0.1) is 0 Å². The van der Waals surface area contributed by atoms with Gasteiger partial charge in [0.05, 0.1) is 28.5 Å².